The molecule has 8 heavy (non-hydrogen) atoms. The summed E-state index contributed by atoms with van der Waals surface area (Å²) in [6.45, 7) is 0. The van der Waals surface area contributed by atoms with Crippen molar-refractivity contribution in [1.82, 2.24) is 10.2 Å². The van der Waals surface area contributed by atoms with Crippen LogP contribution in [-0.2, 0) is 0 Å². The number of aromatic nitrogens is 2. The Bertz CT molecular complexity index is 211. The molecule has 3 nitrogen and oxygen atoms in total. The van der Waals surface area contributed by atoms with Crippen LogP contribution in [0.1, 0.15) is 0 Å². The number of aromatic amines is 1. The Labute approximate surface area is 47.2 Å². The van der Waals surface area contributed by atoms with Crippen molar-refractivity contribution in [2.45, 2.75) is 0 Å². The number of rotatable bonds is 0. The fourth-order valence-corrected chi connectivity index (χ4v) is 0.355. The van der Waals surface area contributed by atoms with E-state index in [-0.39, 0.29) is 5.56 Å². The lowest BCUT2D eigenvalue weighted by Gasteiger charge is -1.83. The van der Waals surface area contributed by atoms with Gasteiger partial charge in [0.25, 0.3) is 5.56 Å². The molecule has 2 radical (unpaired) electrons. The van der Waals surface area contributed by atoms with Crippen LogP contribution in [0.2, 0.25) is 0 Å². The summed E-state index contributed by atoms with van der Waals surface area (Å²) in [5.74, 6) is 0. The van der Waals surface area contributed by atoms with Gasteiger partial charge in [0.15, 0.2) is 0 Å². The number of H-pyrrole nitrogens is 1. The van der Waals surface area contributed by atoms with Crippen LogP contribution in [0.15, 0.2) is 16.9 Å². The molecule has 1 aromatic rings. The Morgan fingerprint density at radius 3 is 2.75 bits per heavy atom. The van der Waals surface area contributed by atoms with Gasteiger partial charge in [-0.05, 0) is 6.07 Å². The van der Waals surface area contributed by atoms with Crippen molar-refractivity contribution in [3.8, 4) is 0 Å². The molecule has 0 atom stereocenters. The molecule has 0 aromatic carbocycles. The van der Waals surface area contributed by atoms with Crippen molar-refractivity contribution in [3.63, 3.8) is 0 Å². The van der Waals surface area contributed by atoms with Crippen molar-refractivity contribution < 1.29 is 0 Å². The Balaban J connectivity index is 3.22. The molecule has 1 N–H and O–H groups in total. The van der Waals surface area contributed by atoms with E-state index < -0.39 is 0 Å². The van der Waals surface area contributed by atoms with Gasteiger partial charge < -0.3 is 0 Å². The topological polar surface area (TPSA) is 45.8 Å². The zero-order chi connectivity index (χ0) is 5.98. The Morgan fingerprint density at radius 2 is 2.38 bits per heavy atom. The van der Waals surface area contributed by atoms with E-state index in [1.165, 1.54) is 12.1 Å². The molecular weight excluding hydrogens is 103 g/mol. The summed E-state index contributed by atoms with van der Waals surface area (Å²) >= 11 is 0. The van der Waals surface area contributed by atoms with Crippen molar-refractivity contribution >= 4 is 13.4 Å². The van der Waals surface area contributed by atoms with Crippen LogP contribution < -0.4 is 11.2 Å². The SMILES string of the molecule is [B]c1ccc(=O)[nH]n1. The highest BCUT2D eigenvalue weighted by molar-refractivity contribution is 6.30. The molecule has 4 heteroatoms. The van der Waals surface area contributed by atoms with Gasteiger partial charge >= 0.3 is 0 Å². The maximum atomic E-state index is 10.2. The lowest BCUT2D eigenvalue weighted by atomic mass is 10.1. The van der Waals surface area contributed by atoms with Crippen molar-refractivity contribution in [2.24, 2.45) is 0 Å². The zero-order valence-corrected chi connectivity index (χ0v) is 4.09. The quantitative estimate of drug-likeness (QED) is 0.412. The monoisotopic (exact) mass is 106 g/mol. The molecule has 0 unspecified atom stereocenters. The van der Waals surface area contributed by atoms with Gasteiger partial charge in [-0.3, -0.25) is 4.79 Å². The molecule has 0 amide bonds. The maximum Gasteiger partial charge on any atom is 0.264 e. The van der Waals surface area contributed by atoms with Crippen LogP contribution in [0, 0.1) is 0 Å². The summed E-state index contributed by atoms with van der Waals surface area (Å²) in [5, 5.41) is 5.59. The molecule has 0 fully saturated rings. The highest BCUT2D eigenvalue weighted by atomic mass is 16.1. The van der Waals surface area contributed by atoms with E-state index in [9.17, 15) is 4.79 Å². The number of nitrogens with zero attached hydrogens (tertiary/aromatic N) is 1. The van der Waals surface area contributed by atoms with E-state index in [0.717, 1.165) is 0 Å². The van der Waals surface area contributed by atoms with Crippen molar-refractivity contribution in [1.29, 1.82) is 0 Å². The highest BCUT2D eigenvalue weighted by Crippen LogP contribution is 1.56. The summed E-state index contributed by atoms with van der Waals surface area (Å²) in [5.41, 5.74) is 0.0869. The molecule has 1 heterocycles. The van der Waals surface area contributed by atoms with Crippen LogP contribution in [0.3, 0.4) is 0 Å². The minimum absolute atomic E-state index is 0.237. The second kappa shape index (κ2) is 1.82. The first-order chi connectivity index (χ1) is 3.79. The van der Waals surface area contributed by atoms with Gasteiger partial charge in [-0.1, -0.05) is 0 Å². The zero-order valence-electron chi connectivity index (χ0n) is 4.09. The highest BCUT2D eigenvalue weighted by Gasteiger charge is 1.80. The maximum absolute atomic E-state index is 10.2. The lowest BCUT2D eigenvalue weighted by Crippen LogP contribution is -2.16. The van der Waals surface area contributed by atoms with Crippen LogP contribution in [0.25, 0.3) is 0 Å². The van der Waals surface area contributed by atoms with E-state index in [1.807, 2.05) is 0 Å². The normalized spacial score (nSPS) is 9.00. The molecule has 1 aromatic heterocycles. The van der Waals surface area contributed by atoms with Crippen LogP contribution in [-0.4, -0.2) is 18.0 Å². The summed E-state index contributed by atoms with van der Waals surface area (Å²) in [7, 11) is 5.15. The molecule has 0 bridgehead atoms. The molecule has 0 aliphatic heterocycles. The number of nitrogens with one attached hydrogen (secondary N) is 1. The van der Waals surface area contributed by atoms with Gasteiger partial charge in [-0.15, -0.1) is 0 Å². The third kappa shape index (κ3) is 0.962. The summed E-state index contributed by atoms with van der Waals surface area (Å²) < 4.78 is 0. The van der Waals surface area contributed by atoms with Crippen molar-refractivity contribution in [3.05, 3.63) is 22.5 Å². The average Bonchev–Trinajstić information content (AvgIpc) is 1.77. The lowest BCUT2D eigenvalue weighted by molar-refractivity contribution is 1.01. The fourth-order valence-electron chi connectivity index (χ4n) is 0.355. The molecule has 38 valence electrons. The second-order valence-corrected chi connectivity index (χ2v) is 1.35. The van der Waals surface area contributed by atoms with E-state index in [0.29, 0.717) is 5.59 Å². The van der Waals surface area contributed by atoms with Gasteiger partial charge in [0.1, 0.15) is 7.85 Å². The molecule has 0 aliphatic carbocycles. The predicted octanol–water partition coefficient (Wildman–Crippen LogP) is -1.44. The first-order valence-electron chi connectivity index (χ1n) is 2.10. The first kappa shape index (κ1) is 5.09. The van der Waals surface area contributed by atoms with Crippen LogP contribution in [0.5, 0.6) is 0 Å². The van der Waals surface area contributed by atoms with Gasteiger partial charge in [-0.2, -0.15) is 5.10 Å². The van der Waals surface area contributed by atoms with Gasteiger partial charge in [0.05, 0.1) is 0 Å². The first-order valence-corrected chi connectivity index (χ1v) is 2.10. The van der Waals surface area contributed by atoms with Crippen LogP contribution >= 0.6 is 0 Å². The minimum Gasteiger partial charge on any atom is -0.268 e. The number of hydrogen-bond donors (Lipinski definition) is 1. The van der Waals surface area contributed by atoms with E-state index in [1.54, 1.807) is 0 Å². The Kier molecular flexibility index (Phi) is 1.16. The smallest absolute Gasteiger partial charge is 0.264 e. The molecule has 0 saturated carbocycles. The standard InChI is InChI=1S/C4H3BN2O/c5-3-1-2-4(8)7-6-3/h1-2H,(H,7,8). The molecule has 1 rings (SSSR count). The molecule has 0 saturated heterocycles. The third-order valence-electron chi connectivity index (χ3n) is 0.701. The molecule has 0 aliphatic rings. The van der Waals surface area contributed by atoms with Gasteiger partial charge in [0.2, 0.25) is 0 Å². The average molecular weight is 106 g/mol. The summed E-state index contributed by atoms with van der Waals surface area (Å²) in [6.07, 6.45) is 0. The molecule has 0 spiro atoms. The van der Waals surface area contributed by atoms with Crippen LogP contribution in [0.4, 0.5) is 0 Å². The van der Waals surface area contributed by atoms with E-state index >= 15 is 0 Å². The molecular formula is C4H3BN2O. The third-order valence-corrected chi connectivity index (χ3v) is 0.701. The van der Waals surface area contributed by atoms with Gasteiger partial charge in [0, 0.05) is 11.7 Å². The van der Waals surface area contributed by atoms with Crippen molar-refractivity contribution in [2.75, 3.05) is 0 Å². The summed E-state index contributed by atoms with van der Waals surface area (Å²) in [4.78, 5) is 10.2. The largest absolute Gasteiger partial charge is 0.268 e. The number of hydrogen-bond acceptors (Lipinski definition) is 2. The van der Waals surface area contributed by atoms with E-state index in [4.69, 9.17) is 7.85 Å². The predicted molar refractivity (Wildman–Crippen MR) is 30.2 cm³/mol. The minimum atomic E-state index is -0.237. The Morgan fingerprint density at radius 1 is 1.62 bits per heavy atom. The van der Waals surface area contributed by atoms with E-state index in [2.05, 4.69) is 10.2 Å². The van der Waals surface area contributed by atoms with Gasteiger partial charge in [-0.25, -0.2) is 5.10 Å². The summed E-state index contributed by atoms with van der Waals surface area (Å²) in [6, 6.07) is 2.77. The Hall–Kier alpha value is -1.06. The fraction of sp³-hybridized carbons (Fsp3) is 0. The second-order valence-electron chi connectivity index (χ2n) is 1.35.